The number of nitrogens with two attached hydrogens (primary N) is 1. The van der Waals surface area contributed by atoms with Gasteiger partial charge in [-0.25, -0.2) is 23.3 Å². The molecule has 0 radical (unpaired) electrons. The van der Waals surface area contributed by atoms with E-state index in [9.17, 15) is 13.2 Å². The first kappa shape index (κ1) is 22.7. The first-order valence-electron chi connectivity index (χ1n) is 8.62. The number of carbonyl (C=O) groups is 1. The molecule has 0 saturated carbocycles. The average molecular weight is 400 g/mol. The van der Waals surface area contributed by atoms with Crippen molar-refractivity contribution in [2.45, 2.75) is 44.7 Å². The predicted octanol–water partition coefficient (Wildman–Crippen LogP) is 0.914. The molecule has 5 N–H and O–H groups in total. The fourth-order valence-corrected chi connectivity index (χ4v) is 2.58. The Morgan fingerprint density at radius 2 is 1.85 bits per heavy atom. The van der Waals surface area contributed by atoms with Gasteiger partial charge in [-0.15, -0.1) is 0 Å². The Balaban J connectivity index is 2.57. The molecule has 27 heavy (non-hydrogen) atoms. The zero-order valence-corrected chi connectivity index (χ0v) is 17.0. The van der Waals surface area contributed by atoms with E-state index in [1.54, 1.807) is 32.9 Å². The van der Waals surface area contributed by atoms with E-state index in [1.165, 1.54) is 12.1 Å². The van der Waals surface area contributed by atoms with Crippen LogP contribution in [0.2, 0.25) is 0 Å². The zero-order chi connectivity index (χ0) is 20.5. The predicted molar refractivity (Wildman–Crippen MR) is 105 cm³/mol. The van der Waals surface area contributed by atoms with Gasteiger partial charge in [0.1, 0.15) is 5.60 Å². The van der Waals surface area contributed by atoms with E-state index in [2.05, 4.69) is 20.9 Å². The van der Waals surface area contributed by atoms with Crippen molar-refractivity contribution < 1.29 is 17.9 Å². The molecule has 0 heterocycles. The number of guanidine groups is 1. The van der Waals surface area contributed by atoms with Gasteiger partial charge in [0.05, 0.1) is 11.4 Å². The second-order valence-electron chi connectivity index (χ2n) is 6.74. The Hall–Kier alpha value is -2.33. The van der Waals surface area contributed by atoms with Crippen LogP contribution in [0.1, 0.15) is 33.3 Å². The summed E-state index contributed by atoms with van der Waals surface area (Å²) in [6.45, 7) is 9.06. The van der Waals surface area contributed by atoms with Crippen molar-refractivity contribution in [3.8, 4) is 0 Å². The first-order valence-corrected chi connectivity index (χ1v) is 10.2. The summed E-state index contributed by atoms with van der Waals surface area (Å²) < 4.78 is 28.0. The zero-order valence-electron chi connectivity index (χ0n) is 16.2. The van der Waals surface area contributed by atoms with E-state index in [0.29, 0.717) is 31.2 Å². The number of ether oxygens (including phenoxy) is 1. The van der Waals surface area contributed by atoms with Gasteiger partial charge >= 0.3 is 6.09 Å². The number of nitrogens with one attached hydrogen (secondary N) is 3. The molecular weight excluding hydrogens is 370 g/mol. The molecule has 0 bridgehead atoms. The lowest BCUT2D eigenvalue weighted by Gasteiger charge is -2.19. The fraction of sp³-hybridized carbons (Fsp3) is 0.529. The van der Waals surface area contributed by atoms with E-state index in [-0.39, 0.29) is 11.4 Å². The van der Waals surface area contributed by atoms with Crippen LogP contribution in [0.25, 0.3) is 0 Å². The van der Waals surface area contributed by atoms with E-state index < -0.39 is 21.7 Å². The third kappa shape index (κ3) is 9.80. The number of amides is 1. The molecule has 0 aliphatic heterocycles. The fourth-order valence-electron chi connectivity index (χ4n) is 1.99. The highest BCUT2D eigenvalue weighted by Crippen LogP contribution is 2.10. The van der Waals surface area contributed by atoms with E-state index >= 15 is 0 Å². The van der Waals surface area contributed by atoms with Gasteiger partial charge in [0.25, 0.3) is 0 Å². The largest absolute Gasteiger partial charge is 0.444 e. The van der Waals surface area contributed by atoms with Crippen LogP contribution in [-0.2, 0) is 21.3 Å². The molecule has 0 atom stereocenters. The molecular formula is C17H29N5O4S. The minimum absolute atomic E-state index is 0.0507. The Labute approximate surface area is 160 Å². The first-order chi connectivity index (χ1) is 12.5. The van der Waals surface area contributed by atoms with Crippen molar-refractivity contribution in [2.24, 2.45) is 10.1 Å². The number of alkyl carbamates (subject to hydrolysis) is 1. The number of primary sulfonamides is 1. The van der Waals surface area contributed by atoms with Crippen LogP contribution in [0.15, 0.2) is 34.2 Å². The van der Waals surface area contributed by atoms with Gasteiger partial charge in [-0.2, -0.15) is 0 Å². The van der Waals surface area contributed by atoms with Crippen LogP contribution in [0.3, 0.4) is 0 Å². The van der Waals surface area contributed by atoms with E-state index in [4.69, 9.17) is 9.88 Å². The third-order valence-corrected chi connectivity index (χ3v) is 3.99. The molecule has 0 unspecified atom stereocenters. The van der Waals surface area contributed by atoms with Gasteiger partial charge in [-0.3, -0.25) is 0 Å². The van der Waals surface area contributed by atoms with Crippen LogP contribution in [0.5, 0.6) is 0 Å². The molecule has 1 aromatic carbocycles. The maximum Gasteiger partial charge on any atom is 0.407 e. The third-order valence-electron chi connectivity index (χ3n) is 3.08. The summed E-state index contributed by atoms with van der Waals surface area (Å²) in [5.41, 5.74) is 0.171. The molecule has 0 fully saturated rings. The van der Waals surface area contributed by atoms with Gasteiger partial charge in [-0.05, 0) is 45.4 Å². The monoisotopic (exact) mass is 399 g/mol. The molecule has 0 spiro atoms. The van der Waals surface area contributed by atoms with Crippen molar-refractivity contribution in [1.82, 2.24) is 16.0 Å². The van der Waals surface area contributed by atoms with Crippen LogP contribution in [0.4, 0.5) is 4.79 Å². The van der Waals surface area contributed by atoms with Crippen molar-refractivity contribution in [2.75, 3.05) is 19.6 Å². The van der Waals surface area contributed by atoms with Gasteiger partial charge < -0.3 is 20.7 Å². The molecule has 1 aromatic rings. The van der Waals surface area contributed by atoms with Crippen molar-refractivity contribution in [3.05, 3.63) is 29.8 Å². The summed E-state index contributed by atoms with van der Waals surface area (Å²) >= 11 is 0. The summed E-state index contributed by atoms with van der Waals surface area (Å²) in [4.78, 5) is 16.0. The number of aliphatic imine (C=N–C) groups is 1. The summed E-state index contributed by atoms with van der Waals surface area (Å²) in [5, 5.41) is 13.9. The highest BCUT2D eigenvalue weighted by molar-refractivity contribution is 7.89. The maximum atomic E-state index is 11.6. The Morgan fingerprint density at radius 1 is 1.19 bits per heavy atom. The summed E-state index contributed by atoms with van der Waals surface area (Å²) in [5.74, 6) is 0.546. The second kappa shape index (κ2) is 10.1. The quantitative estimate of drug-likeness (QED) is 0.306. The standard InChI is InChI=1S/C17H29N5O4S/c1-5-19-15(20-9-10-21-16(23)26-17(2,3)4)22-12-13-7-6-8-14(11-13)27(18,24)25/h6-8,11H,5,9-10,12H2,1-4H3,(H,21,23)(H2,18,24,25)(H2,19,20,22). The number of hydrogen-bond donors (Lipinski definition) is 4. The average Bonchev–Trinajstić information content (AvgIpc) is 2.54. The number of carbonyl (C=O) groups excluding carboxylic acids is 1. The van der Waals surface area contributed by atoms with Crippen LogP contribution < -0.4 is 21.1 Å². The molecule has 9 nitrogen and oxygen atoms in total. The molecule has 0 aromatic heterocycles. The Bertz CT molecular complexity index is 757. The molecule has 152 valence electrons. The van der Waals surface area contributed by atoms with E-state index in [1.807, 2.05) is 6.92 Å². The maximum absolute atomic E-state index is 11.6. The molecule has 0 aliphatic carbocycles. The SMILES string of the molecule is CCNC(=NCc1cccc(S(N)(=O)=O)c1)NCCNC(=O)OC(C)(C)C. The smallest absolute Gasteiger partial charge is 0.407 e. The number of benzene rings is 1. The summed E-state index contributed by atoms with van der Waals surface area (Å²) in [6.07, 6.45) is -0.481. The van der Waals surface area contributed by atoms with E-state index in [0.717, 1.165) is 0 Å². The number of rotatable bonds is 7. The number of nitrogens with zero attached hydrogens (tertiary/aromatic N) is 1. The van der Waals surface area contributed by atoms with Gasteiger partial charge in [0.2, 0.25) is 10.0 Å². The van der Waals surface area contributed by atoms with Gasteiger partial charge in [0.15, 0.2) is 5.96 Å². The minimum Gasteiger partial charge on any atom is -0.444 e. The van der Waals surface area contributed by atoms with Crippen molar-refractivity contribution in [3.63, 3.8) is 0 Å². The summed E-state index contributed by atoms with van der Waals surface area (Å²) in [7, 11) is -3.74. The molecule has 1 rings (SSSR count). The van der Waals surface area contributed by atoms with Crippen LogP contribution in [-0.4, -0.2) is 45.7 Å². The highest BCUT2D eigenvalue weighted by atomic mass is 32.2. The van der Waals surface area contributed by atoms with Crippen molar-refractivity contribution in [1.29, 1.82) is 0 Å². The highest BCUT2D eigenvalue weighted by Gasteiger charge is 2.15. The normalized spacial score (nSPS) is 12.4. The topological polar surface area (TPSA) is 135 Å². The number of sulfonamides is 1. The van der Waals surface area contributed by atoms with Crippen LogP contribution in [0, 0.1) is 0 Å². The lowest BCUT2D eigenvalue weighted by atomic mass is 10.2. The van der Waals surface area contributed by atoms with Crippen LogP contribution >= 0.6 is 0 Å². The lowest BCUT2D eigenvalue weighted by molar-refractivity contribution is 0.0529. The molecule has 10 heteroatoms. The minimum atomic E-state index is -3.74. The number of hydrogen-bond acceptors (Lipinski definition) is 5. The van der Waals surface area contributed by atoms with Gasteiger partial charge in [0, 0.05) is 19.6 Å². The van der Waals surface area contributed by atoms with Crippen molar-refractivity contribution >= 4 is 22.1 Å². The Morgan fingerprint density at radius 3 is 2.44 bits per heavy atom. The second-order valence-corrected chi connectivity index (χ2v) is 8.30. The lowest BCUT2D eigenvalue weighted by Crippen LogP contribution is -2.42. The Kier molecular flexibility index (Phi) is 8.51. The van der Waals surface area contributed by atoms with Gasteiger partial charge in [-0.1, -0.05) is 12.1 Å². The molecule has 0 aliphatic rings. The molecule has 1 amide bonds. The summed E-state index contributed by atoms with van der Waals surface area (Å²) in [6, 6.07) is 6.32. The molecule has 0 saturated heterocycles.